The topological polar surface area (TPSA) is 149 Å². The van der Waals surface area contributed by atoms with E-state index in [1.54, 1.807) is 6.08 Å². The van der Waals surface area contributed by atoms with E-state index in [1.165, 1.54) is 148 Å². The molecule has 7 atom stereocenters. The number of nitrogens with one attached hydrogen (secondary N) is 1. The molecule has 0 aliphatic carbocycles. The molecule has 0 radical (unpaired) electrons. The summed E-state index contributed by atoms with van der Waals surface area (Å²) in [6, 6.07) is -0.797. The average Bonchev–Trinajstić information content (AvgIpc) is 3.16. The number of hydrogen-bond acceptors (Lipinski definition) is 8. The van der Waals surface area contributed by atoms with E-state index in [4.69, 9.17) is 9.47 Å². The molecule has 1 rings (SSSR count). The number of allylic oxidation sites excluding steroid dienone is 1. The van der Waals surface area contributed by atoms with Crippen LogP contribution in [0.4, 0.5) is 0 Å². The molecule has 9 nitrogen and oxygen atoms in total. The molecule has 1 amide bonds. The number of carbonyl (C=O) groups is 1. The first-order valence-electron chi connectivity index (χ1n) is 22.4. The Morgan fingerprint density at radius 1 is 0.623 bits per heavy atom. The molecule has 0 aromatic rings. The van der Waals surface area contributed by atoms with E-state index in [2.05, 4.69) is 19.2 Å². The third-order valence-corrected chi connectivity index (χ3v) is 10.9. The number of aliphatic hydroxyl groups is 5. The zero-order chi connectivity index (χ0) is 38.8. The van der Waals surface area contributed by atoms with Gasteiger partial charge in [0.1, 0.15) is 24.4 Å². The second-order valence-electron chi connectivity index (χ2n) is 15.9. The smallest absolute Gasteiger partial charge is 0.220 e. The van der Waals surface area contributed by atoms with Gasteiger partial charge in [-0.05, 0) is 19.3 Å². The van der Waals surface area contributed by atoms with Gasteiger partial charge in [-0.1, -0.05) is 193 Å². The summed E-state index contributed by atoms with van der Waals surface area (Å²) in [7, 11) is 0. The van der Waals surface area contributed by atoms with Crippen LogP contribution in [0.25, 0.3) is 0 Å². The Balaban J connectivity index is 2.31. The van der Waals surface area contributed by atoms with Gasteiger partial charge < -0.3 is 40.3 Å². The van der Waals surface area contributed by atoms with Crippen molar-refractivity contribution in [1.82, 2.24) is 5.32 Å². The number of aliphatic hydroxyl groups excluding tert-OH is 5. The standard InChI is InChI=1S/C44H85NO8/c1-3-5-7-9-11-13-15-16-17-18-19-20-21-22-24-26-28-30-32-34-40(48)45-37(36-52-44-43(51)42(50)41(49)39(35-46)53-44)38(47)33-31-29-27-25-23-14-12-10-8-6-4-2/h31,33,37-39,41-44,46-47,49-51H,3-30,32,34-36H2,1-2H3,(H,45,48)/b33-31+/t37-,38+,39+,41+,42-,43+,44+/m0/s1. The summed E-state index contributed by atoms with van der Waals surface area (Å²) in [5.74, 6) is -0.175. The van der Waals surface area contributed by atoms with Crippen molar-refractivity contribution < 1.29 is 39.8 Å². The Bertz CT molecular complexity index is 842. The molecule has 0 aromatic carbocycles. The van der Waals surface area contributed by atoms with Crippen LogP contribution >= 0.6 is 0 Å². The van der Waals surface area contributed by atoms with Crippen LogP contribution in [0.15, 0.2) is 12.2 Å². The number of unbranched alkanes of at least 4 members (excludes halogenated alkanes) is 27. The molecule has 0 unspecified atom stereocenters. The summed E-state index contributed by atoms with van der Waals surface area (Å²) in [6.45, 7) is 3.76. The second kappa shape index (κ2) is 35.4. The monoisotopic (exact) mass is 756 g/mol. The zero-order valence-electron chi connectivity index (χ0n) is 34.3. The summed E-state index contributed by atoms with van der Waals surface area (Å²) < 4.78 is 11.2. The first-order valence-corrected chi connectivity index (χ1v) is 22.4. The van der Waals surface area contributed by atoms with Gasteiger partial charge in [0.25, 0.3) is 0 Å². The van der Waals surface area contributed by atoms with Crippen molar-refractivity contribution in [3.05, 3.63) is 12.2 Å². The molecular formula is C44H85NO8. The van der Waals surface area contributed by atoms with Crippen molar-refractivity contribution in [3.8, 4) is 0 Å². The molecule has 1 saturated heterocycles. The number of ether oxygens (including phenoxy) is 2. The molecule has 0 saturated carbocycles. The van der Waals surface area contributed by atoms with Crippen LogP contribution in [-0.4, -0.2) is 87.5 Å². The molecule has 0 bridgehead atoms. The first kappa shape index (κ1) is 49.9. The number of amides is 1. The lowest BCUT2D eigenvalue weighted by atomic mass is 9.99. The maximum atomic E-state index is 12.9. The lowest BCUT2D eigenvalue weighted by Crippen LogP contribution is -2.60. The summed E-state index contributed by atoms with van der Waals surface area (Å²) in [6.07, 6.45) is 32.6. The molecule has 1 heterocycles. The van der Waals surface area contributed by atoms with Crippen molar-refractivity contribution in [2.24, 2.45) is 0 Å². The molecule has 6 N–H and O–H groups in total. The summed E-state index contributed by atoms with van der Waals surface area (Å²) in [5.41, 5.74) is 0. The van der Waals surface area contributed by atoms with E-state index in [-0.39, 0.29) is 12.5 Å². The fourth-order valence-corrected chi connectivity index (χ4v) is 7.21. The lowest BCUT2D eigenvalue weighted by Gasteiger charge is -2.40. The number of carbonyl (C=O) groups excluding carboxylic acids is 1. The van der Waals surface area contributed by atoms with E-state index < -0.39 is 49.5 Å². The van der Waals surface area contributed by atoms with Crippen LogP contribution in [-0.2, 0) is 14.3 Å². The predicted octanol–water partition coefficient (Wildman–Crippen LogP) is 8.95. The Labute approximate surface area is 325 Å². The van der Waals surface area contributed by atoms with Gasteiger partial charge in [-0.15, -0.1) is 0 Å². The largest absolute Gasteiger partial charge is 0.394 e. The van der Waals surface area contributed by atoms with Crippen molar-refractivity contribution in [2.45, 2.75) is 249 Å². The van der Waals surface area contributed by atoms with E-state index in [9.17, 15) is 30.3 Å². The maximum absolute atomic E-state index is 12.9. The number of hydrogen-bond donors (Lipinski definition) is 6. The van der Waals surface area contributed by atoms with E-state index >= 15 is 0 Å². The summed E-state index contributed by atoms with van der Waals surface area (Å²) >= 11 is 0. The van der Waals surface area contributed by atoms with Crippen LogP contribution in [0, 0.1) is 0 Å². The van der Waals surface area contributed by atoms with Crippen LogP contribution in [0.1, 0.15) is 206 Å². The fraction of sp³-hybridized carbons (Fsp3) is 0.932. The first-order chi connectivity index (χ1) is 25.8. The Morgan fingerprint density at radius 2 is 1.04 bits per heavy atom. The van der Waals surface area contributed by atoms with Gasteiger partial charge in [0.05, 0.1) is 25.4 Å². The minimum absolute atomic E-state index is 0.175. The van der Waals surface area contributed by atoms with Crippen LogP contribution < -0.4 is 5.32 Å². The van der Waals surface area contributed by atoms with Gasteiger partial charge in [-0.25, -0.2) is 0 Å². The molecule has 314 valence electrons. The van der Waals surface area contributed by atoms with E-state index in [0.717, 1.165) is 38.5 Å². The third-order valence-electron chi connectivity index (χ3n) is 10.9. The molecule has 9 heteroatoms. The highest BCUT2D eigenvalue weighted by molar-refractivity contribution is 5.76. The summed E-state index contributed by atoms with van der Waals surface area (Å²) in [5, 5.41) is 54.0. The highest BCUT2D eigenvalue weighted by Gasteiger charge is 2.44. The molecule has 0 spiro atoms. The quantitative estimate of drug-likeness (QED) is 0.0272. The van der Waals surface area contributed by atoms with Gasteiger partial charge >= 0.3 is 0 Å². The molecule has 53 heavy (non-hydrogen) atoms. The summed E-state index contributed by atoms with van der Waals surface area (Å²) in [4.78, 5) is 12.9. The molecule has 1 aliphatic rings. The van der Waals surface area contributed by atoms with Crippen molar-refractivity contribution >= 4 is 5.91 Å². The van der Waals surface area contributed by atoms with E-state index in [0.29, 0.717) is 6.42 Å². The fourth-order valence-electron chi connectivity index (χ4n) is 7.21. The van der Waals surface area contributed by atoms with E-state index in [1.807, 2.05) is 6.08 Å². The second-order valence-corrected chi connectivity index (χ2v) is 15.9. The van der Waals surface area contributed by atoms with Crippen LogP contribution in [0.2, 0.25) is 0 Å². The van der Waals surface area contributed by atoms with Crippen molar-refractivity contribution in [2.75, 3.05) is 13.2 Å². The van der Waals surface area contributed by atoms with Gasteiger partial charge in [-0.3, -0.25) is 4.79 Å². The maximum Gasteiger partial charge on any atom is 0.220 e. The van der Waals surface area contributed by atoms with Crippen LogP contribution in [0.5, 0.6) is 0 Å². The van der Waals surface area contributed by atoms with Gasteiger partial charge in [0.2, 0.25) is 5.91 Å². The van der Waals surface area contributed by atoms with Crippen molar-refractivity contribution in [1.29, 1.82) is 0 Å². The molecule has 0 aromatic heterocycles. The number of rotatable bonds is 37. The van der Waals surface area contributed by atoms with Crippen LogP contribution in [0.3, 0.4) is 0 Å². The lowest BCUT2D eigenvalue weighted by molar-refractivity contribution is -0.302. The predicted molar refractivity (Wildman–Crippen MR) is 217 cm³/mol. The molecule has 1 fully saturated rings. The minimum Gasteiger partial charge on any atom is -0.394 e. The Morgan fingerprint density at radius 3 is 1.47 bits per heavy atom. The third kappa shape index (κ3) is 26.4. The molecule has 1 aliphatic heterocycles. The van der Waals surface area contributed by atoms with Gasteiger partial charge in [0, 0.05) is 6.42 Å². The highest BCUT2D eigenvalue weighted by atomic mass is 16.7. The Kier molecular flexibility index (Phi) is 33.3. The SMILES string of the molecule is CCCCCCCCCCC/C=C/[C@@H](O)[C@H](CO[C@@H]1O[C@H](CO)[C@@H](O)[C@H](O)[C@H]1O)NC(=O)CCCCCCCCCCCCCCCCCCCCC. The Hall–Kier alpha value is -1.07. The van der Waals surface area contributed by atoms with Gasteiger partial charge in [-0.2, -0.15) is 0 Å². The minimum atomic E-state index is -1.56. The van der Waals surface area contributed by atoms with Crippen molar-refractivity contribution in [3.63, 3.8) is 0 Å². The zero-order valence-corrected chi connectivity index (χ0v) is 34.3. The van der Waals surface area contributed by atoms with Gasteiger partial charge in [0.15, 0.2) is 6.29 Å². The normalized spacial score (nSPS) is 21.7. The molecular weight excluding hydrogens is 670 g/mol. The highest BCUT2D eigenvalue weighted by Crippen LogP contribution is 2.23. The average molecular weight is 756 g/mol.